The number of carbonyl (C=O) groups excluding carboxylic acids is 4. The van der Waals surface area contributed by atoms with Crippen LogP contribution in [0.4, 0.5) is 5.69 Å². The molecule has 2 aromatic heterocycles. The smallest absolute Gasteiger partial charge is 0.331 e. The summed E-state index contributed by atoms with van der Waals surface area (Å²) in [6.07, 6.45) is 7.92. The van der Waals surface area contributed by atoms with Crippen LogP contribution < -0.4 is 5.32 Å². The predicted molar refractivity (Wildman–Crippen MR) is 155 cm³/mol. The van der Waals surface area contributed by atoms with Crippen molar-refractivity contribution in [2.75, 3.05) is 11.9 Å². The van der Waals surface area contributed by atoms with E-state index in [9.17, 15) is 19.2 Å². The molecule has 204 valence electrons. The van der Waals surface area contributed by atoms with E-state index in [1.54, 1.807) is 59.7 Å². The first-order valence-corrected chi connectivity index (χ1v) is 13.0. The summed E-state index contributed by atoms with van der Waals surface area (Å²) in [4.78, 5) is 54.9. The lowest BCUT2D eigenvalue weighted by Gasteiger charge is -2.18. The lowest BCUT2D eigenvalue weighted by atomic mass is 9.84. The Kier molecular flexibility index (Phi) is 7.05. The SMILES string of the molecule is O=C(COC(=O)/C=C/c1cn(-c2ccccc2)nc1-c1cccnc1)Nc1ccc2c(c1)C(=O)c1ccccc1C2=O. The average molecular weight is 555 g/mol. The topological polar surface area (TPSA) is 120 Å². The molecule has 1 aliphatic rings. The maximum atomic E-state index is 12.9. The van der Waals surface area contributed by atoms with Gasteiger partial charge in [-0.15, -0.1) is 0 Å². The standard InChI is InChI=1S/C33H22N4O5/c38-29(35-23-13-14-27-28(17-23)33(41)26-11-5-4-10-25(26)32(27)40)20-42-30(39)15-12-22-19-37(24-8-2-1-3-9-24)36-31(22)21-7-6-16-34-18-21/h1-19H,20H2,(H,35,38)/b15-12+. The fourth-order valence-electron chi connectivity index (χ4n) is 4.67. The molecule has 1 N–H and O–H groups in total. The van der Waals surface area contributed by atoms with Gasteiger partial charge >= 0.3 is 5.97 Å². The van der Waals surface area contributed by atoms with Crippen LogP contribution in [0.3, 0.4) is 0 Å². The Morgan fingerprint density at radius 1 is 0.833 bits per heavy atom. The van der Waals surface area contributed by atoms with Crippen molar-refractivity contribution in [3.63, 3.8) is 0 Å². The van der Waals surface area contributed by atoms with E-state index < -0.39 is 18.5 Å². The number of hydrogen-bond donors (Lipinski definition) is 1. The molecule has 9 nitrogen and oxygen atoms in total. The summed E-state index contributed by atoms with van der Waals surface area (Å²) < 4.78 is 6.84. The van der Waals surface area contributed by atoms with Crippen LogP contribution in [-0.2, 0) is 14.3 Å². The highest BCUT2D eigenvalue weighted by atomic mass is 16.5. The Bertz CT molecular complexity index is 1880. The van der Waals surface area contributed by atoms with Crippen molar-refractivity contribution >= 4 is 35.2 Å². The summed E-state index contributed by atoms with van der Waals surface area (Å²) in [5.74, 6) is -1.87. The Balaban J connectivity index is 1.12. The van der Waals surface area contributed by atoms with Crippen molar-refractivity contribution in [1.29, 1.82) is 0 Å². The van der Waals surface area contributed by atoms with Gasteiger partial charge in [0.1, 0.15) is 5.69 Å². The van der Waals surface area contributed by atoms with Crippen LogP contribution in [-0.4, -0.2) is 44.8 Å². The lowest BCUT2D eigenvalue weighted by Crippen LogP contribution is -2.23. The zero-order valence-electron chi connectivity index (χ0n) is 22.1. The van der Waals surface area contributed by atoms with Gasteiger partial charge in [0.2, 0.25) is 0 Å². The van der Waals surface area contributed by atoms with E-state index in [1.165, 1.54) is 24.3 Å². The molecule has 1 amide bonds. The number of amides is 1. The highest BCUT2D eigenvalue weighted by Gasteiger charge is 2.29. The first-order chi connectivity index (χ1) is 20.5. The fourth-order valence-corrected chi connectivity index (χ4v) is 4.67. The van der Waals surface area contributed by atoms with Crippen molar-refractivity contribution in [3.8, 4) is 16.9 Å². The summed E-state index contributed by atoms with van der Waals surface area (Å²) in [7, 11) is 0. The van der Waals surface area contributed by atoms with E-state index in [-0.39, 0.29) is 22.7 Å². The number of ether oxygens (including phenoxy) is 1. The summed E-state index contributed by atoms with van der Waals surface area (Å²) in [5.41, 5.74) is 4.35. The van der Waals surface area contributed by atoms with Gasteiger partial charge in [0, 0.05) is 63.7 Å². The molecular weight excluding hydrogens is 532 g/mol. The van der Waals surface area contributed by atoms with Gasteiger partial charge in [0.05, 0.1) is 5.69 Å². The Hall–Kier alpha value is -5.96. The van der Waals surface area contributed by atoms with Crippen LogP contribution in [0.25, 0.3) is 23.0 Å². The zero-order valence-corrected chi connectivity index (χ0v) is 22.1. The van der Waals surface area contributed by atoms with Crippen LogP contribution in [0.1, 0.15) is 37.4 Å². The minimum absolute atomic E-state index is 0.205. The van der Waals surface area contributed by atoms with E-state index in [2.05, 4.69) is 15.4 Å². The summed E-state index contributed by atoms with van der Waals surface area (Å²) >= 11 is 0. The second-order valence-corrected chi connectivity index (χ2v) is 9.41. The van der Waals surface area contributed by atoms with Gasteiger partial charge in [-0.1, -0.05) is 42.5 Å². The third-order valence-electron chi connectivity index (χ3n) is 6.65. The molecule has 0 bridgehead atoms. The van der Waals surface area contributed by atoms with Crippen LogP contribution >= 0.6 is 0 Å². The number of fused-ring (bicyclic) bond motifs is 2. The zero-order chi connectivity index (χ0) is 29.1. The van der Waals surface area contributed by atoms with E-state index in [1.807, 2.05) is 36.4 Å². The van der Waals surface area contributed by atoms with Crippen molar-refractivity contribution in [2.24, 2.45) is 0 Å². The molecule has 9 heteroatoms. The van der Waals surface area contributed by atoms with Gasteiger partial charge in [0.25, 0.3) is 5.91 Å². The number of nitrogens with one attached hydrogen (secondary N) is 1. The van der Waals surface area contributed by atoms with Gasteiger partial charge in [-0.3, -0.25) is 19.4 Å². The van der Waals surface area contributed by atoms with Gasteiger partial charge in [-0.2, -0.15) is 5.10 Å². The quantitative estimate of drug-likeness (QED) is 0.220. The molecule has 0 saturated heterocycles. The molecule has 1 aliphatic carbocycles. The summed E-state index contributed by atoms with van der Waals surface area (Å²) in [6, 6.07) is 24.3. The molecular formula is C33H22N4O5. The molecule has 42 heavy (non-hydrogen) atoms. The normalized spacial score (nSPS) is 12.1. The van der Waals surface area contributed by atoms with Crippen molar-refractivity contribution in [2.45, 2.75) is 0 Å². The van der Waals surface area contributed by atoms with Crippen molar-refractivity contribution in [1.82, 2.24) is 14.8 Å². The third kappa shape index (κ3) is 5.26. The number of rotatable bonds is 7. The second-order valence-electron chi connectivity index (χ2n) is 9.41. The number of hydrogen-bond acceptors (Lipinski definition) is 7. The molecule has 0 spiro atoms. The molecule has 0 fully saturated rings. The number of pyridine rings is 1. The van der Waals surface area contributed by atoms with Gasteiger partial charge in [-0.05, 0) is 48.5 Å². The van der Waals surface area contributed by atoms with E-state index >= 15 is 0 Å². The Labute approximate surface area is 240 Å². The van der Waals surface area contributed by atoms with E-state index in [4.69, 9.17) is 4.74 Å². The number of nitrogens with zero attached hydrogens (tertiary/aromatic N) is 3. The number of benzene rings is 3. The van der Waals surface area contributed by atoms with Crippen molar-refractivity contribution in [3.05, 3.63) is 137 Å². The van der Waals surface area contributed by atoms with Gasteiger partial charge in [0.15, 0.2) is 18.2 Å². The maximum Gasteiger partial charge on any atom is 0.331 e. The van der Waals surface area contributed by atoms with Gasteiger partial charge < -0.3 is 10.1 Å². The van der Waals surface area contributed by atoms with Crippen LogP contribution in [0.2, 0.25) is 0 Å². The Morgan fingerprint density at radius 3 is 2.29 bits per heavy atom. The highest BCUT2D eigenvalue weighted by molar-refractivity contribution is 6.28. The molecule has 0 unspecified atom stereocenters. The van der Waals surface area contributed by atoms with Crippen molar-refractivity contribution < 1.29 is 23.9 Å². The minimum atomic E-state index is -0.724. The molecule has 0 aliphatic heterocycles. The molecule has 6 rings (SSSR count). The summed E-state index contributed by atoms with van der Waals surface area (Å²) in [5, 5.41) is 7.28. The first kappa shape index (κ1) is 26.3. The van der Waals surface area contributed by atoms with Crippen LogP contribution in [0.5, 0.6) is 0 Å². The molecule has 0 saturated carbocycles. The third-order valence-corrected chi connectivity index (χ3v) is 6.65. The van der Waals surface area contributed by atoms with Gasteiger partial charge in [-0.25, -0.2) is 9.48 Å². The Morgan fingerprint density at radius 2 is 1.55 bits per heavy atom. The number of para-hydroxylation sites is 1. The fraction of sp³-hybridized carbons (Fsp3) is 0.0303. The average Bonchev–Trinajstić information content (AvgIpc) is 3.47. The first-order valence-electron chi connectivity index (χ1n) is 13.0. The molecule has 2 heterocycles. The van der Waals surface area contributed by atoms with E-state index in [0.29, 0.717) is 28.1 Å². The number of esters is 1. The number of ketones is 2. The molecule has 0 atom stereocenters. The summed E-state index contributed by atoms with van der Waals surface area (Å²) in [6.45, 7) is -0.547. The largest absolute Gasteiger partial charge is 0.452 e. The minimum Gasteiger partial charge on any atom is -0.452 e. The number of anilines is 1. The molecule has 3 aromatic carbocycles. The predicted octanol–water partition coefficient (Wildman–Crippen LogP) is 4.90. The molecule has 0 radical (unpaired) electrons. The van der Waals surface area contributed by atoms with Crippen LogP contribution in [0.15, 0.2) is 110 Å². The lowest BCUT2D eigenvalue weighted by molar-refractivity contribution is -0.142. The second kappa shape index (κ2) is 11.3. The maximum absolute atomic E-state index is 12.9. The molecule has 5 aromatic rings. The van der Waals surface area contributed by atoms with E-state index in [0.717, 1.165) is 11.3 Å². The number of aromatic nitrogens is 3. The highest BCUT2D eigenvalue weighted by Crippen LogP contribution is 2.29. The monoisotopic (exact) mass is 554 g/mol. The van der Waals surface area contributed by atoms with Crippen LogP contribution in [0, 0.1) is 0 Å². The number of carbonyl (C=O) groups is 4.